The van der Waals surface area contributed by atoms with Crippen molar-refractivity contribution in [2.24, 2.45) is 0 Å². The van der Waals surface area contributed by atoms with E-state index < -0.39 is 0 Å². The largest absolute Gasteiger partial charge is 0.497 e. The maximum atomic E-state index is 12.2. The number of amides is 1. The highest BCUT2D eigenvalue weighted by Gasteiger charge is 2.14. The maximum absolute atomic E-state index is 12.2. The van der Waals surface area contributed by atoms with Gasteiger partial charge in [-0.3, -0.25) is 9.78 Å². The van der Waals surface area contributed by atoms with Crippen LogP contribution in [-0.2, 0) is 11.3 Å². The van der Waals surface area contributed by atoms with Gasteiger partial charge >= 0.3 is 0 Å². The molecule has 2 aromatic heterocycles. The smallest absolute Gasteiger partial charge is 0.220 e. The van der Waals surface area contributed by atoms with E-state index in [0.29, 0.717) is 6.42 Å². The standard InChI is InChI=1S/C22H29N3O2/c1-5-7-15(2)24-21(26)8-6-13-25-20-14-17(27-4)9-10-18(20)19-11-12-23-16(3)22(19)25/h9-12,14-15H,5-8,13H2,1-4H3,(H,24,26). The van der Waals surface area contributed by atoms with Crippen molar-refractivity contribution in [3.63, 3.8) is 0 Å². The number of ether oxygens (including phenoxy) is 1. The highest BCUT2D eigenvalue weighted by Crippen LogP contribution is 2.32. The number of hydrogen-bond donors (Lipinski definition) is 1. The monoisotopic (exact) mass is 367 g/mol. The first-order valence-corrected chi connectivity index (χ1v) is 9.76. The molecule has 1 aromatic carbocycles. The van der Waals surface area contributed by atoms with Gasteiger partial charge in [-0.05, 0) is 44.9 Å². The van der Waals surface area contributed by atoms with Gasteiger partial charge in [-0.2, -0.15) is 0 Å². The molecule has 0 saturated carbocycles. The third-order valence-electron chi connectivity index (χ3n) is 5.08. The lowest BCUT2D eigenvalue weighted by atomic mass is 10.1. The first-order chi connectivity index (χ1) is 13.0. The summed E-state index contributed by atoms with van der Waals surface area (Å²) < 4.78 is 7.70. The van der Waals surface area contributed by atoms with Crippen LogP contribution >= 0.6 is 0 Å². The van der Waals surface area contributed by atoms with Gasteiger partial charge < -0.3 is 14.6 Å². The Morgan fingerprint density at radius 2 is 2.11 bits per heavy atom. The minimum Gasteiger partial charge on any atom is -0.497 e. The van der Waals surface area contributed by atoms with Crippen molar-refractivity contribution in [2.75, 3.05) is 7.11 Å². The highest BCUT2D eigenvalue weighted by atomic mass is 16.5. The zero-order chi connectivity index (χ0) is 19.4. The van der Waals surface area contributed by atoms with Gasteiger partial charge in [0.2, 0.25) is 5.91 Å². The number of fused-ring (bicyclic) bond motifs is 3. The molecule has 1 atom stereocenters. The topological polar surface area (TPSA) is 56.2 Å². The molecule has 5 nitrogen and oxygen atoms in total. The number of carbonyl (C=O) groups is 1. The second-order valence-electron chi connectivity index (χ2n) is 7.19. The van der Waals surface area contributed by atoms with Gasteiger partial charge in [-0.15, -0.1) is 0 Å². The van der Waals surface area contributed by atoms with Crippen LogP contribution in [0.2, 0.25) is 0 Å². The molecule has 3 aromatic rings. The van der Waals surface area contributed by atoms with Crippen molar-refractivity contribution in [2.45, 2.75) is 59.0 Å². The Bertz CT molecular complexity index is 946. The van der Waals surface area contributed by atoms with Crippen LogP contribution in [0.15, 0.2) is 30.5 Å². The van der Waals surface area contributed by atoms with Crippen molar-refractivity contribution in [3.8, 4) is 5.75 Å². The maximum Gasteiger partial charge on any atom is 0.220 e. The molecule has 27 heavy (non-hydrogen) atoms. The summed E-state index contributed by atoms with van der Waals surface area (Å²) in [6.07, 6.45) is 5.27. The number of benzene rings is 1. The Labute approximate surface area is 160 Å². The van der Waals surface area contributed by atoms with Gasteiger partial charge in [0.05, 0.1) is 23.8 Å². The molecule has 5 heteroatoms. The number of aryl methyl sites for hydroxylation is 2. The van der Waals surface area contributed by atoms with Gasteiger partial charge in [0.1, 0.15) is 5.75 Å². The summed E-state index contributed by atoms with van der Waals surface area (Å²) >= 11 is 0. The lowest BCUT2D eigenvalue weighted by Crippen LogP contribution is -2.32. The van der Waals surface area contributed by atoms with Gasteiger partial charge in [-0.25, -0.2) is 0 Å². The number of nitrogens with one attached hydrogen (secondary N) is 1. The zero-order valence-electron chi connectivity index (χ0n) is 16.7. The first-order valence-electron chi connectivity index (χ1n) is 9.76. The van der Waals surface area contributed by atoms with Crippen molar-refractivity contribution >= 4 is 27.7 Å². The highest BCUT2D eigenvalue weighted by molar-refractivity contribution is 6.09. The van der Waals surface area contributed by atoms with E-state index in [1.807, 2.05) is 19.2 Å². The summed E-state index contributed by atoms with van der Waals surface area (Å²) in [5.41, 5.74) is 3.27. The van der Waals surface area contributed by atoms with Crippen LogP contribution in [0.1, 0.15) is 45.2 Å². The third-order valence-corrected chi connectivity index (χ3v) is 5.08. The Balaban J connectivity index is 1.85. The van der Waals surface area contributed by atoms with Crippen LogP contribution in [0, 0.1) is 6.92 Å². The molecule has 1 N–H and O–H groups in total. The quantitative estimate of drug-likeness (QED) is 0.633. The molecule has 0 bridgehead atoms. The Hall–Kier alpha value is -2.56. The lowest BCUT2D eigenvalue weighted by Gasteiger charge is -2.13. The minimum absolute atomic E-state index is 0.129. The second kappa shape index (κ2) is 8.42. The summed E-state index contributed by atoms with van der Waals surface area (Å²) in [4.78, 5) is 16.7. The summed E-state index contributed by atoms with van der Waals surface area (Å²) in [5, 5.41) is 5.47. The molecular formula is C22H29N3O2. The van der Waals surface area contributed by atoms with Gasteiger partial charge in [0.25, 0.3) is 0 Å². The molecular weight excluding hydrogens is 338 g/mol. The number of pyridine rings is 1. The van der Waals surface area contributed by atoms with E-state index in [9.17, 15) is 4.79 Å². The molecule has 1 amide bonds. The van der Waals surface area contributed by atoms with E-state index in [1.54, 1.807) is 7.11 Å². The number of aromatic nitrogens is 2. The van der Waals surface area contributed by atoms with E-state index in [1.165, 1.54) is 10.8 Å². The predicted octanol–water partition coefficient (Wildman–Crippen LogP) is 4.59. The Morgan fingerprint density at radius 1 is 1.30 bits per heavy atom. The number of carbonyl (C=O) groups excluding carboxylic acids is 1. The molecule has 0 saturated heterocycles. The fourth-order valence-electron chi connectivity index (χ4n) is 3.81. The number of methoxy groups -OCH3 is 1. The van der Waals surface area contributed by atoms with Gasteiger partial charge in [-0.1, -0.05) is 13.3 Å². The Morgan fingerprint density at radius 3 is 2.85 bits per heavy atom. The number of rotatable bonds is 8. The van der Waals surface area contributed by atoms with Crippen molar-refractivity contribution in [1.82, 2.24) is 14.9 Å². The lowest BCUT2D eigenvalue weighted by molar-refractivity contribution is -0.121. The van der Waals surface area contributed by atoms with E-state index in [-0.39, 0.29) is 11.9 Å². The Kier molecular flexibility index (Phi) is 5.99. The fraction of sp³-hybridized carbons (Fsp3) is 0.455. The average molecular weight is 367 g/mol. The third kappa shape index (κ3) is 4.07. The van der Waals surface area contributed by atoms with Gasteiger partial charge in [0.15, 0.2) is 0 Å². The molecule has 0 fully saturated rings. The van der Waals surface area contributed by atoms with Crippen LogP contribution in [0.25, 0.3) is 21.8 Å². The van der Waals surface area contributed by atoms with Crippen LogP contribution in [-0.4, -0.2) is 28.6 Å². The van der Waals surface area contributed by atoms with E-state index in [0.717, 1.165) is 48.3 Å². The van der Waals surface area contributed by atoms with Gasteiger partial charge in [0, 0.05) is 42.0 Å². The van der Waals surface area contributed by atoms with E-state index in [2.05, 4.69) is 46.9 Å². The molecule has 0 aliphatic heterocycles. The van der Waals surface area contributed by atoms with Crippen molar-refractivity contribution in [1.29, 1.82) is 0 Å². The SMILES string of the molecule is CCCC(C)NC(=O)CCCn1c2cc(OC)ccc2c2ccnc(C)c21. The molecule has 0 aliphatic rings. The van der Waals surface area contributed by atoms with Crippen molar-refractivity contribution in [3.05, 3.63) is 36.2 Å². The van der Waals surface area contributed by atoms with Crippen LogP contribution in [0.3, 0.4) is 0 Å². The molecule has 2 heterocycles. The van der Waals surface area contributed by atoms with Crippen molar-refractivity contribution < 1.29 is 9.53 Å². The molecule has 0 spiro atoms. The molecule has 1 unspecified atom stereocenters. The normalized spacial score (nSPS) is 12.4. The summed E-state index contributed by atoms with van der Waals surface area (Å²) in [6.45, 7) is 7.01. The predicted molar refractivity (Wildman–Crippen MR) is 110 cm³/mol. The minimum atomic E-state index is 0.129. The van der Waals surface area contributed by atoms with Crippen LogP contribution in [0.5, 0.6) is 5.75 Å². The summed E-state index contributed by atoms with van der Waals surface area (Å²) in [5.74, 6) is 0.965. The molecule has 3 rings (SSSR count). The summed E-state index contributed by atoms with van der Waals surface area (Å²) in [6, 6.07) is 8.47. The van der Waals surface area contributed by atoms with Crippen LogP contribution < -0.4 is 10.1 Å². The number of hydrogen-bond acceptors (Lipinski definition) is 3. The molecule has 144 valence electrons. The fourth-order valence-corrected chi connectivity index (χ4v) is 3.81. The first kappa shape index (κ1) is 19.2. The van der Waals surface area contributed by atoms with E-state index >= 15 is 0 Å². The average Bonchev–Trinajstić information content (AvgIpc) is 2.96. The summed E-state index contributed by atoms with van der Waals surface area (Å²) in [7, 11) is 1.68. The number of nitrogens with zero attached hydrogens (tertiary/aromatic N) is 2. The molecule has 0 radical (unpaired) electrons. The zero-order valence-corrected chi connectivity index (χ0v) is 16.7. The van der Waals surface area contributed by atoms with Crippen LogP contribution in [0.4, 0.5) is 0 Å². The van der Waals surface area contributed by atoms with E-state index in [4.69, 9.17) is 4.74 Å². The molecule has 0 aliphatic carbocycles. The second-order valence-corrected chi connectivity index (χ2v) is 7.19.